The van der Waals surface area contributed by atoms with Gasteiger partial charge in [-0.1, -0.05) is 37.9 Å². The molecule has 1 aromatic carbocycles. The van der Waals surface area contributed by atoms with Gasteiger partial charge in [0.15, 0.2) is 0 Å². The minimum absolute atomic E-state index is 0.572. The molecule has 1 N–H and O–H groups in total. The summed E-state index contributed by atoms with van der Waals surface area (Å²) in [5.41, 5.74) is 1.75. The lowest BCUT2D eigenvalue weighted by Gasteiger charge is -2.28. The lowest BCUT2D eigenvalue weighted by atomic mass is 10.1. The average molecular weight is 296 g/mol. The highest BCUT2D eigenvalue weighted by atomic mass is 35.5. The van der Waals surface area contributed by atoms with Crippen molar-refractivity contribution in [3.05, 3.63) is 34.9 Å². The highest BCUT2D eigenvalue weighted by Crippen LogP contribution is 2.29. The highest BCUT2D eigenvalue weighted by Gasteiger charge is 2.13. The Balaban J connectivity index is 3.14. The van der Waals surface area contributed by atoms with Gasteiger partial charge >= 0.3 is 5.97 Å². The molecule has 0 bridgehead atoms. The maximum atomic E-state index is 10.7. The Bertz CT molecular complexity index is 485. The molecule has 0 aliphatic heterocycles. The van der Waals surface area contributed by atoms with Crippen molar-refractivity contribution in [2.75, 3.05) is 18.0 Å². The number of carboxylic acid groups (broad SMARTS) is 1. The molecule has 0 aromatic heterocycles. The summed E-state index contributed by atoms with van der Waals surface area (Å²) < 4.78 is 0. The molecule has 1 aromatic rings. The molecular formula is C16H22ClNO2. The molecule has 1 rings (SSSR count). The Morgan fingerprint density at radius 1 is 1.45 bits per heavy atom. The lowest BCUT2D eigenvalue weighted by Crippen LogP contribution is -2.28. The second-order valence-electron chi connectivity index (χ2n) is 4.90. The van der Waals surface area contributed by atoms with Crippen molar-refractivity contribution < 1.29 is 9.90 Å². The van der Waals surface area contributed by atoms with Gasteiger partial charge in [-0.15, -0.1) is 0 Å². The van der Waals surface area contributed by atoms with Crippen LogP contribution in [0.15, 0.2) is 24.3 Å². The summed E-state index contributed by atoms with van der Waals surface area (Å²) in [7, 11) is 0. The molecule has 4 heteroatoms. The predicted octanol–water partition coefficient (Wildman–Crippen LogP) is 4.31. The molecule has 110 valence electrons. The van der Waals surface area contributed by atoms with E-state index in [9.17, 15) is 4.79 Å². The van der Waals surface area contributed by atoms with Crippen LogP contribution in [0.25, 0.3) is 6.08 Å². The van der Waals surface area contributed by atoms with Crippen LogP contribution in [0.4, 0.5) is 5.69 Å². The Labute approximate surface area is 125 Å². The van der Waals surface area contributed by atoms with Crippen LogP contribution in [-0.4, -0.2) is 24.2 Å². The molecule has 0 amide bonds. The fourth-order valence-electron chi connectivity index (χ4n) is 2.02. The van der Waals surface area contributed by atoms with Gasteiger partial charge in [0.2, 0.25) is 0 Å². The normalized spacial score (nSPS) is 12.6. The van der Waals surface area contributed by atoms with Gasteiger partial charge in [-0.05, 0) is 31.1 Å². The summed E-state index contributed by atoms with van der Waals surface area (Å²) in [4.78, 5) is 13.0. The van der Waals surface area contributed by atoms with Gasteiger partial charge in [0.1, 0.15) is 0 Å². The van der Waals surface area contributed by atoms with Gasteiger partial charge in [-0.2, -0.15) is 0 Å². The first-order valence-corrected chi connectivity index (χ1v) is 7.31. The molecule has 1 unspecified atom stereocenters. The van der Waals surface area contributed by atoms with Crippen molar-refractivity contribution in [1.29, 1.82) is 0 Å². The number of hydrogen-bond acceptors (Lipinski definition) is 2. The summed E-state index contributed by atoms with van der Waals surface area (Å²) in [6.07, 6.45) is 3.80. The van der Waals surface area contributed by atoms with Crippen molar-refractivity contribution in [1.82, 2.24) is 0 Å². The molecule has 0 aliphatic carbocycles. The standard InChI is InChI=1S/C16H22ClNO2/c1-4-12(3)11-18(5-2)15-8-6-7-14(17)13(15)9-10-16(19)20/h6-10,12H,4-5,11H2,1-3H3,(H,19,20). The SMILES string of the molecule is CCC(C)CN(CC)c1cccc(Cl)c1C=CC(=O)O. The number of aliphatic carboxylic acids is 1. The van der Waals surface area contributed by atoms with Crippen LogP contribution in [-0.2, 0) is 4.79 Å². The molecule has 0 spiro atoms. The minimum atomic E-state index is -0.971. The number of anilines is 1. The van der Waals surface area contributed by atoms with Crippen LogP contribution in [0.1, 0.15) is 32.8 Å². The second-order valence-corrected chi connectivity index (χ2v) is 5.30. The molecule has 0 heterocycles. The summed E-state index contributed by atoms with van der Waals surface area (Å²) in [6, 6.07) is 5.66. The van der Waals surface area contributed by atoms with E-state index in [1.807, 2.05) is 12.1 Å². The van der Waals surface area contributed by atoms with Crippen LogP contribution in [0.3, 0.4) is 0 Å². The van der Waals surface area contributed by atoms with E-state index in [1.165, 1.54) is 0 Å². The van der Waals surface area contributed by atoms with E-state index >= 15 is 0 Å². The van der Waals surface area contributed by atoms with Crippen LogP contribution in [0.5, 0.6) is 0 Å². The zero-order valence-corrected chi connectivity index (χ0v) is 13.0. The van der Waals surface area contributed by atoms with Crippen molar-refractivity contribution in [2.45, 2.75) is 27.2 Å². The number of carboxylic acids is 1. The summed E-state index contributed by atoms with van der Waals surface area (Å²) in [5.74, 6) is -0.397. The fourth-order valence-corrected chi connectivity index (χ4v) is 2.26. The minimum Gasteiger partial charge on any atom is -0.478 e. The van der Waals surface area contributed by atoms with Crippen LogP contribution in [0, 0.1) is 5.92 Å². The Kier molecular flexibility index (Phi) is 6.59. The van der Waals surface area contributed by atoms with Crippen molar-refractivity contribution in [2.24, 2.45) is 5.92 Å². The Morgan fingerprint density at radius 2 is 2.15 bits per heavy atom. The highest BCUT2D eigenvalue weighted by molar-refractivity contribution is 6.32. The zero-order valence-electron chi connectivity index (χ0n) is 12.3. The van der Waals surface area contributed by atoms with E-state index in [1.54, 1.807) is 12.1 Å². The maximum absolute atomic E-state index is 10.7. The third-order valence-electron chi connectivity index (χ3n) is 3.37. The van der Waals surface area contributed by atoms with Crippen molar-refractivity contribution >= 4 is 29.3 Å². The van der Waals surface area contributed by atoms with E-state index in [0.29, 0.717) is 10.9 Å². The van der Waals surface area contributed by atoms with E-state index in [0.717, 1.165) is 36.8 Å². The molecule has 0 radical (unpaired) electrons. The number of benzene rings is 1. The van der Waals surface area contributed by atoms with Crippen molar-refractivity contribution in [3.8, 4) is 0 Å². The molecule has 0 saturated carbocycles. The number of rotatable bonds is 7. The van der Waals surface area contributed by atoms with Crippen molar-refractivity contribution in [3.63, 3.8) is 0 Å². The fraction of sp³-hybridized carbons (Fsp3) is 0.438. The summed E-state index contributed by atoms with van der Waals surface area (Å²) in [6.45, 7) is 8.26. The topological polar surface area (TPSA) is 40.5 Å². The second kappa shape index (κ2) is 7.95. The van der Waals surface area contributed by atoms with Crippen LogP contribution in [0.2, 0.25) is 5.02 Å². The molecular weight excluding hydrogens is 274 g/mol. The Morgan fingerprint density at radius 3 is 2.70 bits per heavy atom. The van der Waals surface area contributed by atoms with Crippen LogP contribution >= 0.6 is 11.6 Å². The predicted molar refractivity (Wildman–Crippen MR) is 85.5 cm³/mol. The largest absolute Gasteiger partial charge is 0.478 e. The smallest absolute Gasteiger partial charge is 0.328 e. The van der Waals surface area contributed by atoms with Gasteiger partial charge < -0.3 is 10.0 Å². The zero-order chi connectivity index (χ0) is 15.1. The first-order valence-electron chi connectivity index (χ1n) is 6.94. The third kappa shape index (κ3) is 4.57. The number of nitrogens with zero attached hydrogens (tertiary/aromatic N) is 1. The number of hydrogen-bond donors (Lipinski definition) is 1. The summed E-state index contributed by atoms with van der Waals surface area (Å²) in [5, 5.41) is 9.36. The van der Waals surface area contributed by atoms with E-state index in [-0.39, 0.29) is 0 Å². The van der Waals surface area contributed by atoms with Gasteiger partial charge in [0.05, 0.1) is 0 Å². The molecule has 0 saturated heterocycles. The first-order chi connectivity index (χ1) is 9.49. The third-order valence-corrected chi connectivity index (χ3v) is 3.70. The number of carbonyl (C=O) groups is 1. The molecule has 0 aliphatic rings. The van der Waals surface area contributed by atoms with E-state index in [2.05, 4.69) is 25.7 Å². The number of halogens is 1. The first kappa shape index (κ1) is 16.6. The monoisotopic (exact) mass is 295 g/mol. The maximum Gasteiger partial charge on any atom is 0.328 e. The van der Waals surface area contributed by atoms with Gasteiger partial charge in [-0.25, -0.2) is 4.79 Å². The van der Waals surface area contributed by atoms with Crippen LogP contribution < -0.4 is 4.90 Å². The quantitative estimate of drug-likeness (QED) is 0.762. The van der Waals surface area contributed by atoms with E-state index in [4.69, 9.17) is 16.7 Å². The molecule has 1 atom stereocenters. The summed E-state index contributed by atoms with van der Waals surface area (Å²) >= 11 is 6.21. The Hall–Kier alpha value is -1.48. The molecule has 20 heavy (non-hydrogen) atoms. The van der Waals surface area contributed by atoms with Gasteiger partial charge in [-0.3, -0.25) is 0 Å². The molecule has 3 nitrogen and oxygen atoms in total. The molecule has 0 fully saturated rings. The van der Waals surface area contributed by atoms with Gasteiger partial charge in [0.25, 0.3) is 0 Å². The average Bonchev–Trinajstić information content (AvgIpc) is 2.42. The lowest BCUT2D eigenvalue weighted by molar-refractivity contribution is -0.131. The van der Waals surface area contributed by atoms with E-state index < -0.39 is 5.97 Å². The van der Waals surface area contributed by atoms with Gasteiger partial charge in [0, 0.05) is 35.4 Å².